The lowest BCUT2D eigenvalue weighted by Crippen LogP contribution is -2.22. The van der Waals surface area contributed by atoms with E-state index in [9.17, 15) is 0 Å². The maximum absolute atomic E-state index is 5.75. The molecule has 1 atom stereocenters. The highest BCUT2D eigenvalue weighted by atomic mass is 28.4. The van der Waals surface area contributed by atoms with Crippen LogP contribution in [0.2, 0.25) is 19.6 Å². The lowest BCUT2D eigenvalue weighted by Gasteiger charge is -2.16. The Balaban J connectivity index is 3.73. The normalized spacial score (nSPS) is 14.3. The molecule has 0 aromatic heterocycles. The molecule has 1 nitrogen and oxygen atoms in total. The highest BCUT2D eigenvalue weighted by molar-refractivity contribution is 6.69. The Morgan fingerprint density at radius 2 is 1.75 bits per heavy atom. The smallest absolute Gasteiger partial charge is 0.241 e. The molecule has 0 fully saturated rings. The van der Waals surface area contributed by atoms with Crippen LogP contribution < -0.4 is 0 Å². The molecule has 0 spiro atoms. The summed E-state index contributed by atoms with van der Waals surface area (Å²) in [4.78, 5) is 0. The van der Waals surface area contributed by atoms with Gasteiger partial charge in [0, 0.05) is 0 Å². The SMILES string of the molecule is CCCCCCC(C=CO[Si](C)(C)C)CC. The third kappa shape index (κ3) is 10.3. The molecule has 0 N–H and O–H groups in total. The summed E-state index contributed by atoms with van der Waals surface area (Å²) >= 11 is 0. The second-order valence-corrected chi connectivity index (χ2v) is 10.0. The van der Waals surface area contributed by atoms with Gasteiger partial charge in [0.1, 0.15) is 0 Å². The van der Waals surface area contributed by atoms with Gasteiger partial charge in [0.05, 0.1) is 6.26 Å². The third-order valence-electron chi connectivity index (χ3n) is 2.73. The predicted molar refractivity (Wildman–Crippen MR) is 76.1 cm³/mol. The molecule has 0 rings (SSSR count). The number of hydrogen-bond donors (Lipinski definition) is 0. The highest BCUT2D eigenvalue weighted by Crippen LogP contribution is 2.16. The fourth-order valence-corrected chi connectivity index (χ4v) is 2.11. The molecule has 0 aromatic rings. The second kappa shape index (κ2) is 8.86. The first-order chi connectivity index (χ1) is 7.49. The average molecular weight is 242 g/mol. The Morgan fingerprint density at radius 1 is 1.06 bits per heavy atom. The van der Waals surface area contributed by atoms with Crippen molar-refractivity contribution in [2.24, 2.45) is 5.92 Å². The molecule has 0 aliphatic rings. The summed E-state index contributed by atoms with van der Waals surface area (Å²) < 4.78 is 5.75. The van der Waals surface area contributed by atoms with Crippen molar-refractivity contribution in [3.05, 3.63) is 12.3 Å². The fraction of sp³-hybridized carbons (Fsp3) is 0.857. The van der Waals surface area contributed by atoms with Gasteiger partial charge in [-0.1, -0.05) is 39.5 Å². The maximum Gasteiger partial charge on any atom is 0.241 e. The lowest BCUT2D eigenvalue weighted by atomic mass is 9.98. The zero-order valence-corrected chi connectivity index (χ0v) is 12.9. The minimum Gasteiger partial charge on any atom is -0.550 e. The Bertz CT molecular complexity index is 182. The van der Waals surface area contributed by atoms with Crippen LogP contribution in [0.1, 0.15) is 52.4 Å². The molecule has 1 unspecified atom stereocenters. The Labute approximate surface area is 103 Å². The lowest BCUT2D eigenvalue weighted by molar-refractivity contribution is 0.457. The van der Waals surface area contributed by atoms with Crippen LogP contribution in [0, 0.1) is 5.92 Å². The van der Waals surface area contributed by atoms with Gasteiger partial charge in [-0.05, 0) is 44.5 Å². The predicted octanol–water partition coefficient (Wildman–Crippen LogP) is 5.35. The monoisotopic (exact) mass is 242 g/mol. The summed E-state index contributed by atoms with van der Waals surface area (Å²) in [5, 5.41) is 0. The molecule has 0 saturated carbocycles. The number of hydrogen-bond acceptors (Lipinski definition) is 1. The van der Waals surface area contributed by atoms with E-state index in [0.717, 1.165) is 0 Å². The highest BCUT2D eigenvalue weighted by Gasteiger charge is 2.13. The first-order valence-corrected chi connectivity index (χ1v) is 10.2. The van der Waals surface area contributed by atoms with Crippen molar-refractivity contribution in [2.75, 3.05) is 0 Å². The van der Waals surface area contributed by atoms with Crippen molar-refractivity contribution in [3.63, 3.8) is 0 Å². The largest absolute Gasteiger partial charge is 0.550 e. The maximum atomic E-state index is 5.75. The molecule has 0 aliphatic heterocycles. The summed E-state index contributed by atoms with van der Waals surface area (Å²) in [6.07, 6.45) is 12.2. The molecule has 96 valence electrons. The van der Waals surface area contributed by atoms with E-state index in [1.54, 1.807) is 0 Å². The summed E-state index contributed by atoms with van der Waals surface area (Å²) in [5.41, 5.74) is 0. The van der Waals surface area contributed by atoms with Gasteiger partial charge in [-0.2, -0.15) is 0 Å². The topological polar surface area (TPSA) is 9.23 Å². The van der Waals surface area contributed by atoms with Gasteiger partial charge in [-0.3, -0.25) is 0 Å². The number of allylic oxidation sites excluding steroid dienone is 1. The summed E-state index contributed by atoms with van der Waals surface area (Å²) in [6.45, 7) is 11.2. The van der Waals surface area contributed by atoms with E-state index in [4.69, 9.17) is 4.43 Å². The molecule has 0 heterocycles. The Kier molecular flexibility index (Phi) is 8.72. The first-order valence-electron chi connectivity index (χ1n) is 6.84. The van der Waals surface area contributed by atoms with Crippen molar-refractivity contribution in [1.29, 1.82) is 0 Å². The molecule has 0 aromatic carbocycles. The fourth-order valence-electron chi connectivity index (χ4n) is 1.62. The van der Waals surface area contributed by atoms with Crippen LogP contribution >= 0.6 is 0 Å². The molecule has 0 saturated heterocycles. The standard InChI is InChI=1S/C14H30OSi/c1-6-8-9-10-11-14(7-2)12-13-15-16(3,4)5/h12-14H,6-11H2,1-5H3. The zero-order valence-electron chi connectivity index (χ0n) is 11.9. The summed E-state index contributed by atoms with van der Waals surface area (Å²) in [6, 6.07) is 0. The summed E-state index contributed by atoms with van der Waals surface area (Å²) in [7, 11) is -1.37. The van der Waals surface area contributed by atoms with Gasteiger partial charge in [-0.15, -0.1) is 0 Å². The van der Waals surface area contributed by atoms with Gasteiger partial charge in [-0.25, -0.2) is 0 Å². The molecule has 0 aliphatic carbocycles. The molecule has 2 heteroatoms. The van der Waals surface area contributed by atoms with E-state index in [-0.39, 0.29) is 0 Å². The molecule has 0 bridgehead atoms. The zero-order chi connectivity index (χ0) is 12.4. The van der Waals surface area contributed by atoms with E-state index in [0.29, 0.717) is 5.92 Å². The van der Waals surface area contributed by atoms with Crippen LogP contribution in [-0.4, -0.2) is 8.32 Å². The van der Waals surface area contributed by atoms with E-state index >= 15 is 0 Å². The van der Waals surface area contributed by atoms with Gasteiger partial charge in [0.15, 0.2) is 0 Å². The number of unbranched alkanes of at least 4 members (excludes halogenated alkanes) is 3. The van der Waals surface area contributed by atoms with Crippen LogP contribution in [0.3, 0.4) is 0 Å². The summed E-state index contributed by atoms with van der Waals surface area (Å²) in [5.74, 6) is 0.716. The van der Waals surface area contributed by atoms with Gasteiger partial charge in [0.2, 0.25) is 8.32 Å². The van der Waals surface area contributed by atoms with Crippen LogP contribution in [0.5, 0.6) is 0 Å². The van der Waals surface area contributed by atoms with Crippen LogP contribution in [0.15, 0.2) is 12.3 Å². The number of rotatable bonds is 9. The molecule has 16 heavy (non-hydrogen) atoms. The van der Waals surface area contributed by atoms with Crippen LogP contribution in [0.25, 0.3) is 0 Å². The average Bonchev–Trinajstić information content (AvgIpc) is 2.20. The second-order valence-electron chi connectivity index (χ2n) is 5.58. The van der Waals surface area contributed by atoms with Crippen molar-refractivity contribution < 1.29 is 4.43 Å². The molecule has 0 radical (unpaired) electrons. The molecular formula is C14H30OSi. The van der Waals surface area contributed by atoms with Crippen molar-refractivity contribution in [3.8, 4) is 0 Å². The quantitative estimate of drug-likeness (QED) is 0.301. The van der Waals surface area contributed by atoms with Crippen LogP contribution in [-0.2, 0) is 4.43 Å². The van der Waals surface area contributed by atoms with E-state index in [1.165, 1.54) is 38.5 Å². The van der Waals surface area contributed by atoms with Gasteiger partial charge < -0.3 is 4.43 Å². The van der Waals surface area contributed by atoms with Gasteiger partial charge in [0.25, 0.3) is 0 Å². The first kappa shape index (κ1) is 15.8. The van der Waals surface area contributed by atoms with Crippen molar-refractivity contribution in [2.45, 2.75) is 72.0 Å². The van der Waals surface area contributed by atoms with E-state index < -0.39 is 8.32 Å². The Morgan fingerprint density at radius 3 is 2.25 bits per heavy atom. The van der Waals surface area contributed by atoms with Crippen molar-refractivity contribution in [1.82, 2.24) is 0 Å². The van der Waals surface area contributed by atoms with Gasteiger partial charge >= 0.3 is 0 Å². The Hall–Kier alpha value is -0.243. The molecule has 0 amide bonds. The third-order valence-corrected chi connectivity index (χ3v) is 3.57. The van der Waals surface area contributed by atoms with Crippen molar-refractivity contribution >= 4 is 8.32 Å². The minimum absolute atomic E-state index is 0.716. The molecular weight excluding hydrogens is 212 g/mol. The van der Waals surface area contributed by atoms with Crippen LogP contribution in [0.4, 0.5) is 0 Å². The minimum atomic E-state index is -1.37. The van der Waals surface area contributed by atoms with E-state index in [1.807, 2.05) is 6.26 Å². The van der Waals surface area contributed by atoms with E-state index in [2.05, 4.69) is 39.6 Å².